The molecule has 0 N–H and O–H groups in total. The number of nitrogens with zero attached hydrogens (tertiary/aromatic N) is 4. The van der Waals surface area contributed by atoms with Crippen LogP contribution in [-0.4, -0.2) is 59.3 Å². The van der Waals surface area contributed by atoms with Gasteiger partial charge in [-0.1, -0.05) is 16.9 Å². The van der Waals surface area contributed by atoms with Gasteiger partial charge in [-0.2, -0.15) is 13.2 Å². The van der Waals surface area contributed by atoms with Gasteiger partial charge in [0, 0.05) is 41.2 Å². The molecule has 0 aliphatic carbocycles. The molecular formula is C18H18BrF3N4O7S. The minimum atomic E-state index is -4.69. The lowest BCUT2D eigenvalue weighted by atomic mass is 9.97. The molecule has 0 radical (unpaired) electrons. The third-order valence-electron chi connectivity index (χ3n) is 4.19. The zero-order valence-corrected chi connectivity index (χ0v) is 20.2. The van der Waals surface area contributed by atoms with E-state index in [1.54, 1.807) is 0 Å². The Morgan fingerprint density at radius 3 is 2.32 bits per heavy atom. The molecule has 0 aromatic carbocycles. The predicted octanol–water partition coefficient (Wildman–Crippen LogP) is 3.79. The first-order chi connectivity index (χ1) is 15.8. The molecule has 5 atom stereocenters. The number of azide groups is 1. The molecule has 2 heterocycles. The van der Waals surface area contributed by atoms with Crippen LogP contribution in [0.15, 0.2) is 26.7 Å². The van der Waals surface area contributed by atoms with Gasteiger partial charge in [0.05, 0.1) is 0 Å². The Kier molecular flexibility index (Phi) is 9.55. The highest BCUT2D eigenvalue weighted by Crippen LogP contribution is 2.40. The number of aromatic nitrogens is 1. The molecule has 1 fully saturated rings. The number of hydrogen-bond donors (Lipinski definition) is 0. The van der Waals surface area contributed by atoms with Crippen LogP contribution in [0.1, 0.15) is 26.5 Å². The van der Waals surface area contributed by atoms with Crippen LogP contribution in [-0.2, 0) is 39.5 Å². The molecule has 16 heteroatoms. The van der Waals surface area contributed by atoms with Crippen LogP contribution in [0.2, 0.25) is 0 Å². The van der Waals surface area contributed by atoms with E-state index in [-0.39, 0.29) is 9.37 Å². The molecule has 1 aromatic rings. The SMILES string of the molecule is CC(=O)OCC1O[C@H](Sc2cnc(C(F)(F)F)c(Br)c2)C(OC(C)=O)[C@@H](N=[N+]=[N-])[C@H]1OC(C)=O. The highest BCUT2D eigenvalue weighted by Gasteiger charge is 2.50. The van der Waals surface area contributed by atoms with Gasteiger partial charge in [-0.3, -0.25) is 14.4 Å². The Hall–Kier alpha value is -2.55. The summed E-state index contributed by atoms with van der Waals surface area (Å²) in [6.45, 7) is 2.89. The zero-order chi connectivity index (χ0) is 25.6. The minimum absolute atomic E-state index is 0.180. The van der Waals surface area contributed by atoms with Crippen LogP contribution >= 0.6 is 27.7 Å². The lowest BCUT2D eigenvalue weighted by molar-refractivity contribution is -0.201. The van der Waals surface area contributed by atoms with Gasteiger partial charge in [-0.25, -0.2) is 4.98 Å². The number of thioether (sulfide) groups is 1. The maximum atomic E-state index is 13.0. The van der Waals surface area contributed by atoms with Crippen molar-refractivity contribution < 1.29 is 46.5 Å². The van der Waals surface area contributed by atoms with Crippen molar-refractivity contribution in [3.05, 3.63) is 32.9 Å². The quantitative estimate of drug-likeness (QED) is 0.157. The second-order valence-electron chi connectivity index (χ2n) is 6.81. The summed E-state index contributed by atoms with van der Waals surface area (Å²) in [5.74, 6) is -2.24. The van der Waals surface area contributed by atoms with Gasteiger partial charge in [-0.15, -0.1) is 0 Å². The van der Waals surface area contributed by atoms with Crippen LogP contribution in [0.4, 0.5) is 13.2 Å². The molecule has 1 aromatic heterocycles. The molecule has 2 rings (SSSR count). The first kappa shape index (κ1) is 27.7. The highest BCUT2D eigenvalue weighted by molar-refractivity contribution is 9.10. The van der Waals surface area contributed by atoms with Gasteiger partial charge >= 0.3 is 24.1 Å². The number of esters is 3. The normalized spacial score (nSPS) is 24.5. The van der Waals surface area contributed by atoms with Crippen molar-refractivity contribution >= 4 is 45.6 Å². The first-order valence-electron chi connectivity index (χ1n) is 9.40. The minimum Gasteiger partial charge on any atom is -0.463 e. The monoisotopic (exact) mass is 570 g/mol. The van der Waals surface area contributed by atoms with Gasteiger partial charge in [0.2, 0.25) is 0 Å². The molecule has 1 saturated heterocycles. The highest BCUT2D eigenvalue weighted by atomic mass is 79.9. The summed E-state index contributed by atoms with van der Waals surface area (Å²) in [7, 11) is 0. The molecule has 186 valence electrons. The second kappa shape index (κ2) is 11.7. The van der Waals surface area contributed by atoms with Crippen molar-refractivity contribution in [2.24, 2.45) is 5.11 Å². The fourth-order valence-corrected chi connectivity index (χ4v) is 4.84. The number of rotatable bonds is 7. The molecule has 1 aliphatic rings. The van der Waals surface area contributed by atoms with E-state index in [1.807, 2.05) is 0 Å². The van der Waals surface area contributed by atoms with E-state index in [1.165, 1.54) is 0 Å². The van der Waals surface area contributed by atoms with Gasteiger partial charge in [0.15, 0.2) is 5.69 Å². The average Bonchev–Trinajstić information content (AvgIpc) is 2.69. The summed E-state index contributed by atoms with van der Waals surface area (Å²) in [6, 6.07) is -0.174. The summed E-state index contributed by atoms with van der Waals surface area (Å²) < 4.78 is 60.0. The standard InChI is InChI=1S/C18H18BrF3N4O7S/c1-7(27)30-6-12-14(31-8(2)28)13(25-26-23)15(32-9(3)29)17(33-12)34-10-4-11(19)16(24-5-10)18(20,21)22/h4-5,12-15,17H,6H2,1-3H3/t12?,13-,14-,15?,17+/m0/s1. The van der Waals surface area contributed by atoms with Gasteiger partial charge in [0.1, 0.15) is 36.4 Å². The summed E-state index contributed by atoms with van der Waals surface area (Å²) in [5.41, 5.74) is 6.75. The molecule has 2 unspecified atom stereocenters. The van der Waals surface area contributed by atoms with Crippen molar-refractivity contribution in [2.75, 3.05) is 6.61 Å². The van der Waals surface area contributed by atoms with Crippen LogP contribution in [0.5, 0.6) is 0 Å². The van der Waals surface area contributed by atoms with E-state index < -0.39 is 66.2 Å². The third kappa shape index (κ3) is 7.48. The number of ether oxygens (including phenoxy) is 4. The van der Waals surface area contributed by atoms with E-state index in [4.69, 9.17) is 24.5 Å². The molecule has 0 spiro atoms. The van der Waals surface area contributed by atoms with Crippen molar-refractivity contribution in [2.45, 2.75) is 61.6 Å². The number of pyridine rings is 1. The van der Waals surface area contributed by atoms with Crippen LogP contribution < -0.4 is 0 Å². The van der Waals surface area contributed by atoms with Crippen molar-refractivity contribution in [3.63, 3.8) is 0 Å². The number of hydrogen-bond acceptors (Lipinski definition) is 10. The molecule has 1 aliphatic heterocycles. The van der Waals surface area contributed by atoms with Gasteiger partial charge in [-0.05, 0) is 27.5 Å². The van der Waals surface area contributed by atoms with Crippen molar-refractivity contribution in [3.8, 4) is 0 Å². The van der Waals surface area contributed by atoms with Crippen LogP contribution in [0.25, 0.3) is 10.4 Å². The summed E-state index contributed by atoms with van der Waals surface area (Å²) in [5, 5.41) is 3.60. The van der Waals surface area contributed by atoms with Gasteiger partial charge < -0.3 is 18.9 Å². The summed E-state index contributed by atoms with van der Waals surface area (Å²) in [4.78, 5) is 41.0. The summed E-state index contributed by atoms with van der Waals surface area (Å²) in [6.07, 6.45) is -7.53. The Balaban J connectivity index is 2.46. The maximum absolute atomic E-state index is 13.0. The van der Waals surface area contributed by atoms with Crippen LogP contribution in [0, 0.1) is 0 Å². The molecule has 34 heavy (non-hydrogen) atoms. The topological polar surface area (TPSA) is 150 Å². The number of halogens is 4. The summed E-state index contributed by atoms with van der Waals surface area (Å²) >= 11 is 3.64. The van der Waals surface area contributed by atoms with E-state index in [9.17, 15) is 27.6 Å². The second-order valence-corrected chi connectivity index (χ2v) is 8.83. The molecule has 11 nitrogen and oxygen atoms in total. The van der Waals surface area contributed by atoms with Crippen LogP contribution in [0.3, 0.4) is 0 Å². The Bertz CT molecular complexity index is 993. The van der Waals surface area contributed by atoms with Crippen molar-refractivity contribution in [1.29, 1.82) is 0 Å². The van der Waals surface area contributed by atoms with E-state index in [0.29, 0.717) is 0 Å². The molecule has 0 saturated carbocycles. The lowest BCUT2D eigenvalue weighted by Crippen LogP contribution is -2.59. The molecular weight excluding hydrogens is 553 g/mol. The predicted molar refractivity (Wildman–Crippen MR) is 112 cm³/mol. The Morgan fingerprint density at radius 1 is 1.21 bits per heavy atom. The number of carbonyl (C=O) groups is 3. The average molecular weight is 571 g/mol. The van der Waals surface area contributed by atoms with Crippen molar-refractivity contribution in [1.82, 2.24) is 4.98 Å². The fraction of sp³-hybridized carbons (Fsp3) is 0.556. The van der Waals surface area contributed by atoms with E-state index in [0.717, 1.165) is 44.8 Å². The fourth-order valence-electron chi connectivity index (χ4n) is 3.00. The van der Waals surface area contributed by atoms with Gasteiger partial charge in [0.25, 0.3) is 0 Å². The van der Waals surface area contributed by atoms with E-state index in [2.05, 4.69) is 30.9 Å². The molecule has 0 amide bonds. The molecule has 0 bridgehead atoms. The van der Waals surface area contributed by atoms with E-state index >= 15 is 0 Å². The Labute approximate surface area is 203 Å². The third-order valence-corrected chi connectivity index (χ3v) is 5.91. The number of alkyl halides is 3. The smallest absolute Gasteiger partial charge is 0.434 e. The Morgan fingerprint density at radius 2 is 1.82 bits per heavy atom. The largest absolute Gasteiger partial charge is 0.463 e. The maximum Gasteiger partial charge on any atom is 0.434 e. The lowest BCUT2D eigenvalue weighted by Gasteiger charge is -2.43. The zero-order valence-electron chi connectivity index (χ0n) is 17.8. The number of carbonyl (C=O) groups excluding carboxylic acids is 3. The first-order valence-corrected chi connectivity index (χ1v) is 11.1.